The molecule has 0 aliphatic carbocycles. The van der Waals surface area contributed by atoms with Crippen molar-refractivity contribution < 1.29 is 9.59 Å². The third-order valence-electron chi connectivity index (χ3n) is 4.99. The molecule has 2 N–H and O–H groups in total. The van der Waals surface area contributed by atoms with Crippen LogP contribution >= 0.6 is 22.9 Å². The van der Waals surface area contributed by atoms with Gasteiger partial charge in [-0.1, -0.05) is 41.9 Å². The number of benzene rings is 2. The van der Waals surface area contributed by atoms with Gasteiger partial charge < -0.3 is 10.6 Å². The second kappa shape index (κ2) is 8.35. The number of hydrogen-bond acceptors (Lipinski definition) is 4. The largest absolute Gasteiger partial charge is 0.326 e. The van der Waals surface area contributed by atoms with E-state index in [-0.39, 0.29) is 24.2 Å². The van der Waals surface area contributed by atoms with E-state index in [1.54, 1.807) is 0 Å². The molecule has 0 fully saturated rings. The number of aryl methyl sites for hydroxylation is 1. The summed E-state index contributed by atoms with van der Waals surface area (Å²) in [6.45, 7) is 1.97. The smallest absolute Gasteiger partial charge is 0.227 e. The summed E-state index contributed by atoms with van der Waals surface area (Å²) in [6.07, 6.45) is 1.43. The molecule has 1 aromatic heterocycles. The number of hydrogen-bond donors (Lipinski definition) is 2. The molecule has 4 rings (SSSR count). The van der Waals surface area contributed by atoms with E-state index in [1.807, 2.05) is 55.5 Å². The van der Waals surface area contributed by atoms with E-state index in [2.05, 4.69) is 15.6 Å². The molecule has 148 valence electrons. The standard InChI is InChI=1S/C22H20ClN3O2S/c1-13-20(14-6-9-17(23)10-7-14)26-22(29-13)25-19(27)11-8-16-12-15-4-2-3-5-18(15)24-21(16)28/h2-7,9-10,16H,8,11-12H2,1H3,(H,24,28)(H,25,26,27). The van der Waals surface area contributed by atoms with Crippen LogP contribution in [0, 0.1) is 12.8 Å². The van der Waals surface area contributed by atoms with Crippen molar-refractivity contribution in [2.45, 2.75) is 26.2 Å². The maximum Gasteiger partial charge on any atom is 0.227 e. The van der Waals surface area contributed by atoms with Crippen LogP contribution < -0.4 is 10.6 Å². The summed E-state index contributed by atoms with van der Waals surface area (Å²) in [5.41, 5.74) is 3.78. The van der Waals surface area contributed by atoms with Crippen molar-refractivity contribution >= 4 is 45.6 Å². The van der Waals surface area contributed by atoms with Gasteiger partial charge in [0.15, 0.2) is 5.13 Å². The molecule has 0 radical (unpaired) electrons. The minimum atomic E-state index is -0.196. The number of nitrogens with one attached hydrogen (secondary N) is 2. The molecule has 3 aromatic rings. The number of halogens is 1. The van der Waals surface area contributed by atoms with E-state index in [1.165, 1.54) is 11.3 Å². The van der Waals surface area contributed by atoms with Gasteiger partial charge in [0.2, 0.25) is 11.8 Å². The molecule has 1 atom stereocenters. The summed E-state index contributed by atoms with van der Waals surface area (Å²) in [7, 11) is 0. The van der Waals surface area contributed by atoms with Crippen LogP contribution in [0.1, 0.15) is 23.3 Å². The van der Waals surface area contributed by atoms with E-state index in [9.17, 15) is 9.59 Å². The zero-order valence-electron chi connectivity index (χ0n) is 15.9. The molecule has 0 saturated carbocycles. The molecule has 0 spiro atoms. The van der Waals surface area contributed by atoms with Gasteiger partial charge in [-0.05, 0) is 43.5 Å². The number of carbonyl (C=O) groups excluding carboxylic acids is 2. The fourth-order valence-electron chi connectivity index (χ4n) is 3.46. The Bertz CT molecular complexity index is 1060. The van der Waals surface area contributed by atoms with Gasteiger partial charge in [0.1, 0.15) is 0 Å². The lowest BCUT2D eigenvalue weighted by Gasteiger charge is -2.24. The van der Waals surface area contributed by atoms with Crippen molar-refractivity contribution in [2.75, 3.05) is 10.6 Å². The van der Waals surface area contributed by atoms with Gasteiger partial charge in [0.25, 0.3) is 0 Å². The molecular weight excluding hydrogens is 406 g/mol. The topological polar surface area (TPSA) is 71.1 Å². The summed E-state index contributed by atoms with van der Waals surface area (Å²) < 4.78 is 0. The molecule has 1 aliphatic heterocycles. The molecule has 1 aliphatic rings. The van der Waals surface area contributed by atoms with Gasteiger partial charge >= 0.3 is 0 Å². The summed E-state index contributed by atoms with van der Waals surface area (Å²) >= 11 is 7.39. The Kier molecular flexibility index (Phi) is 5.65. The molecule has 1 unspecified atom stereocenters. The van der Waals surface area contributed by atoms with Crippen molar-refractivity contribution in [3.8, 4) is 11.3 Å². The van der Waals surface area contributed by atoms with Crippen LogP contribution in [0.15, 0.2) is 48.5 Å². The highest BCUT2D eigenvalue weighted by Gasteiger charge is 2.26. The third kappa shape index (κ3) is 4.49. The Morgan fingerprint density at radius 1 is 1.24 bits per heavy atom. The lowest BCUT2D eigenvalue weighted by atomic mass is 9.89. The first-order chi connectivity index (χ1) is 14.0. The van der Waals surface area contributed by atoms with E-state index in [4.69, 9.17) is 11.6 Å². The molecule has 29 heavy (non-hydrogen) atoms. The Morgan fingerprint density at radius 2 is 2.00 bits per heavy atom. The highest BCUT2D eigenvalue weighted by atomic mass is 35.5. The van der Waals surface area contributed by atoms with Gasteiger partial charge in [-0.25, -0.2) is 4.98 Å². The van der Waals surface area contributed by atoms with Crippen molar-refractivity contribution in [3.05, 3.63) is 64.0 Å². The van der Waals surface area contributed by atoms with Crippen LogP contribution in [0.4, 0.5) is 10.8 Å². The van der Waals surface area contributed by atoms with Crippen LogP contribution in [0.3, 0.4) is 0 Å². The second-order valence-electron chi connectivity index (χ2n) is 7.07. The summed E-state index contributed by atoms with van der Waals surface area (Å²) in [6, 6.07) is 15.2. The molecular formula is C22H20ClN3O2S. The van der Waals surface area contributed by atoms with Crippen LogP contribution in [-0.4, -0.2) is 16.8 Å². The van der Waals surface area contributed by atoms with Crippen molar-refractivity contribution in [1.29, 1.82) is 0 Å². The Balaban J connectivity index is 1.36. The van der Waals surface area contributed by atoms with Crippen LogP contribution in [0.5, 0.6) is 0 Å². The van der Waals surface area contributed by atoms with Gasteiger partial charge in [-0.15, -0.1) is 11.3 Å². The monoisotopic (exact) mass is 425 g/mol. The second-order valence-corrected chi connectivity index (χ2v) is 8.70. The number of anilines is 2. The van der Waals surface area contributed by atoms with Gasteiger partial charge in [0, 0.05) is 33.5 Å². The number of aromatic nitrogens is 1. The number of fused-ring (bicyclic) bond motifs is 1. The minimum absolute atomic E-state index is 0.0217. The lowest BCUT2D eigenvalue weighted by Crippen LogP contribution is -2.30. The number of thiazole rings is 1. The Hall–Kier alpha value is -2.70. The molecule has 0 bridgehead atoms. The van der Waals surface area contributed by atoms with Gasteiger partial charge in [-0.3, -0.25) is 9.59 Å². The fraction of sp³-hybridized carbons (Fsp3) is 0.227. The highest BCUT2D eigenvalue weighted by Crippen LogP contribution is 2.31. The van der Waals surface area contributed by atoms with Crippen molar-refractivity contribution in [1.82, 2.24) is 4.98 Å². The van der Waals surface area contributed by atoms with E-state index < -0.39 is 0 Å². The molecule has 0 saturated heterocycles. The predicted molar refractivity (Wildman–Crippen MR) is 117 cm³/mol. The molecule has 2 heterocycles. The first-order valence-electron chi connectivity index (χ1n) is 9.41. The number of amides is 2. The first-order valence-corrected chi connectivity index (χ1v) is 10.6. The molecule has 2 amide bonds. The van der Waals surface area contributed by atoms with Crippen molar-refractivity contribution in [2.24, 2.45) is 5.92 Å². The Morgan fingerprint density at radius 3 is 2.79 bits per heavy atom. The average Bonchev–Trinajstić information content (AvgIpc) is 3.07. The first kappa shape index (κ1) is 19.6. The Labute approximate surface area is 178 Å². The quantitative estimate of drug-likeness (QED) is 0.582. The van der Waals surface area contributed by atoms with Crippen LogP contribution in [-0.2, 0) is 16.0 Å². The zero-order chi connectivity index (χ0) is 20.4. The van der Waals surface area contributed by atoms with E-state index in [0.29, 0.717) is 23.0 Å². The number of nitrogens with zero attached hydrogens (tertiary/aromatic N) is 1. The third-order valence-corrected chi connectivity index (χ3v) is 6.13. The van der Waals surface area contributed by atoms with Crippen LogP contribution in [0.25, 0.3) is 11.3 Å². The average molecular weight is 426 g/mol. The SMILES string of the molecule is Cc1sc(NC(=O)CCC2Cc3ccccc3NC2=O)nc1-c1ccc(Cl)cc1. The van der Waals surface area contributed by atoms with Gasteiger partial charge in [0.05, 0.1) is 5.69 Å². The van der Waals surface area contributed by atoms with E-state index >= 15 is 0 Å². The van der Waals surface area contributed by atoms with E-state index in [0.717, 1.165) is 27.4 Å². The van der Waals surface area contributed by atoms with Gasteiger partial charge in [-0.2, -0.15) is 0 Å². The summed E-state index contributed by atoms with van der Waals surface area (Å²) in [4.78, 5) is 30.3. The maximum absolute atomic E-state index is 12.4. The maximum atomic E-state index is 12.4. The highest BCUT2D eigenvalue weighted by molar-refractivity contribution is 7.16. The molecule has 7 heteroatoms. The number of para-hydroxylation sites is 1. The summed E-state index contributed by atoms with van der Waals surface area (Å²) in [5, 5.41) is 7.03. The number of carbonyl (C=O) groups is 2. The molecule has 5 nitrogen and oxygen atoms in total. The molecule has 2 aromatic carbocycles. The summed E-state index contributed by atoms with van der Waals surface area (Å²) in [5.74, 6) is -0.349. The lowest BCUT2D eigenvalue weighted by molar-refractivity contribution is -0.121. The normalized spacial score (nSPS) is 15.5. The predicted octanol–water partition coefficient (Wildman–Crippen LogP) is 5.30. The number of rotatable bonds is 5. The zero-order valence-corrected chi connectivity index (χ0v) is 17.4. The fourth-order valence-corrected chi connectivity index (χ4v) is 4.44. The minimum Gasteiger partial charge on any atom is -0.326 e. The van der Waals surface area contributed by atoms with Crippen LogP contribution in [0.2, 0.25) is 5.02 Å². The van der Waals surface area contributed by atoms with Crippen molar-refractivity contribution in [3.63, 3.8) is 0 Å².